The Morgan fingerprint density at radius 3 is 2.65 bits per heavy atom. The average molecular weight is 315 g/mol. The fourth-order valence-electron chi connectivity index (χ4n) is 4.19. The summed E-state index contributed by atoms with van der Waals surface area (Å²) < 4.78 is 13.6. The summed E-state index contributed by atoms with van der Waals surface area (Å²) in [5.41, 5.74) is 1.09. The van der Waals surface area contributed by atoms with E-state index >= 15 is 0 Å². The fourth-order valence-corrected chi connectivity index (χ4v) is 4.19. The van der Waals surface area contributed by atoms with E-state index in [-0.39, 0.29) is 0 Å². The van der Waals surface area contributed by atoms with E-state index in [4.69, 9.17) is 9.15 Å². The third kappa shape index (κ3) is 2.71. The van der Waals surface area contributed by atoms with Crippen molar-refractivity contribution in [2.45, 2.75) is 58.4 Å². The third-order valence-corrected chi connectivity index (χ3v) is 5.37. The van der Waals surface area contributed by atoms with E-state index in [0.717, 1.165) is 55.5 Å². The summed E-state index contributed by atoms with van der Waals surface area (Å²) >= 11 is 0. The van der Waals surface area contributed by atoms with E-state index in [0.29, 0.717) is 11.8 Å². The van der Waals surface area contributed by atoms with Crippen LogP contribution in [0.25, 0.3) is 11.4 Å². The van der Waals surface area contributed by atoms with Crippen molar-refractivity contribution < 1.29 is 9.15 Å². The molecule has 1 atom stereocenters. The Kier molecular flexibility index (Phi) is 3.97. The number of furan rings is 1. The molecule has 4 heterocycles. The Bertz CT molecular complexity index is 682. The molecule has 1 fully saturated rings. The Balaban J connectivity index is 1.73. The molecule has 2 aliphatic heterocycles. The van der Waals surface area contributed by atoms with Crippen molar-refractivity contribution in [3.8, 4) is 11.4 Å². The molecule has 0 saturated carbocycles. The molecule has 5 nitrogen and oxygen atoms in total. The van der Waals surface area contributed by atoms with Crippen molar-refractivity contribution >= 4 is 0 Å². The second kappa shape index (κ2) is 6.11. The molecule has 0 N–H and O–H groups in total. The van der Waals surface area contributed by atoms with Gasteiger partial charge in [-0.3, -0.25) is 0 Å². The van der Waals surface area contributed by atoms with Crippen molar-refractivity contribution in [3.63, 3.8) is 0 Å². The van der Waals surface area contributed by atoms with Crippen LogP contribution >= 0.6 is 0 Å². The lowest BCUT2D eigenvalue weighted by atomic mass is 9.82. The highest BCUT2D eigenvalue weighted by Gasteiger charge is 2.32. The number of fused-ring (bicyclic) bond motifs is 1. The Morgan fingerprint density at radius 2 is 1.91 bits per heavy atom. The summed E-state index contributed by atoms with van der Waals surface area (Å²) in [4.78, 5) is 0. The van der Waals surface area contributed by atoms with Crippen LogP contribution in [0.4, 0.5) is 0 Å². The minimum atomic E-state index is 0.524. The predicted octanol–water partition coefficient (Wildman–Crippen LogP) is 3.85. The second-order valence-electron chi connectivity index (χ2n) is 6.91. The lowest BCUT2D eigenvalue weighted by Crippen LogP contribution is -2.23. The largest absolute Gasteiger partial charge is 0.466 e. The second-order valence-corrected chi connectivity index (χ2v) is 6.91. The minimum Gasteiger partial charge on any atom is -0.466 e. The first-order chi connectivity index (χ1) is 11.2. The molecular formula is C18H25N3O2. The molecule has 1 unspecified atom stereocenters. The van der Waals surface area contributed by atoms with E-state index in [1.807, 2.05) is 13.8 Å². The summed E-state index contributed by atoms with van der Waals surface area (Å²) in [5, 5.41) is 9.18. The molecular weight excluding hydrogens is 290 g/mol. The van der Waals surface area contributed by atoms with Crippen LogP contribution in [0.5, 0.6) is 0 Å². The van der Waals surface area contributed by atoms with Gasteiger partial charge in [0.1, 0.15) is 17.3 Å². The van der Waals surface area contributed by atoms with E-state index in [2.05, 4.69) is 20.8 Å². The first-order valence-electron chi connectivity index (χ1n) is 8.82. The van der Waals surface area contributed by atoms with E-state index in [1.165, 1.54) is 25.1 Å². The minimum absolute atomic E-state index is 0.524. The first kappa shape index (κ1) is 14.9. The number of hydrogen-bond donors (Lipinski definition) is 0. The molecule has 0 radical (unpaired) electrons. The van der Waals surface area contributed by atoms with Gasteiger partial charge in [-0.1, -0.05) is 6.42 Å². The van der Waals surface area contributed by atoms with Gasteiger partial charge in [-0.15, -0.1) is 10.2 Å². The molecule has 0 aromatic carbocycles. The van der Waals surface area contributed by atoms with Gasteiger partial charge in [-0.2, -0.15) is 0 Å². The molecule has 2 aliphatic rings. The highest BCUT2D eigenvalue weighted by Crippen LogP contribution is 2.39. The smallest absolute Gasteiger partial charge is 0.167 e. The summed E-state index contributed by atoms with van der Waals surface area (Å²) in [5.74, 6) is 5.24. The van der Waals surface area contributed by atoms with Gasteiger partial charge >= 0.3 is 0 Å². The Morgan fingerprint density at radius 1 is 1.09 bits per heavy atom. The molecule has 2 aromatic heterocycles. The van der Waals surface area contributed by atoms with Gasteiger partial charge in [-0.05, 0) is 51.5 Å². The van der Waals surface area contributed by atoms with E-state index in [9.17, 15) is 0 Å². The fraction of sp³-hybridized carbons (Fsp3) is 0.667. The lowest BCUT2D eigenvalue weighted by Gasteiger charge is -2.28. The summed E-state index contributed by atoms with van der Waals surface area (Å²) in [6.45, 7) is 6.79. The van der Waals surface area contributed by atoms with Crippen molar-refractivity contribution in [2.24, 2.45) is 5.92 Å². The number of hydrogen-bond acceptors (Lipinski definition) is 4. The van der Waals surface area contributed by atoms with Gasteiger partial charge in [-0.25, -0.2) is 0 Å². The molecule has 5 heteroatoms. The van der Waals surface area contributed by atoms with Crippen LogP contribution in [0.1, 0.15) is 55.4 Å². The molecule has 4 rings (SSSR count). The molecule has 2 aromatic rings. The lowest BCUT2D eigenvalue weighted by molar-refractivity contribution is 0.0556. The molecule has 124 valence electrons. The highest BCUT2D eigenvalue weighted by atomic mass is 16.5. The van der Waals surface area contributed by atoms with Crippen molar-refractivity contribution in [1.29, 1.82) is 0 Å². The quantitative estimate of drug-likeness (QED) is 0.844. The van der Waals surface area contributed by atoms with E-state index in [1.54, 1.807) is 0 Å². The number of ether oxygens (including phenoxy) is 1. The van der Waals surface area contributed by atoms with Crippen LogP contribution in [0.15, 0.2) is 10.5 Å². The van der Waals surface area contributed by atoms with Crippen LogP contribution < -0.4 is 0 Å². The molecule has 0 amide bonds. The average Bonchev–Trinajstić information content (AvgIpc) is 3.04. The number of aromatic nitrogens is 3. The number of aryl methyl sites for hydroxylation is 2. The van der Waals surface area contributed by atoms with Gasteiger partial charge in [0.05, 0.1) is 5.56 Å². The standard InChI is InChI=1S/C18H25N3O2/c1-12-11-16(13(2)23-12)18-20-19-17-15(5-3-4-8-21(17)18)14-6-9-22-10-7-14/h11,14-15H,3-10H2,1-2H3. The zero-order chi connectivity index (χ0) is 15.8. The van der Waals surface area contributed by atoms with Gasteiger partial charge in [0, 0.05) is 25.7 Å². The predicted molar refractivity (Wildman–Crippen MR) is 87.3 cm³/mol. The van der Waals surface area contributed by atoms with Crippen LogP contribution in [0, 0.1) is 19.8 Å². The zero-order valence-corrected chi connectivity index (χ0v) is 14.0. The molecule has 1 saturated heterocycles. The number of nitrogens with zero attached hydrogens (tertiary/aromatic N) is 3. The van der Waals surface area contributed by atoms with Crippen molar-refractivity contribution in [2.75, 3.05) is 13.2 Å². The summed E-state index contributed by atoms with van der Waals surface area (Å²) in [7, 11) is 0. The number of rotatable bonds is 2. The van der Waals surface area contributed by atoms with Crippen LogP contribution in [0.3, 0.4) is 0 Å². The third-order valence-electron chi connectivity index (χ3n) is 5.37. The van der Waals surface area contributed by atoms with Crippen molar-refractivity contribution in [1.82, 2.24) is 14.8 Å². The molecule has 0 aliphatic carbocycles. The van der Waals surface area contributed by atoms with Gasteiger partial charge in [0.2, 0.25) is 0 Å². The maximum absolute atomic E-state index is 5.71. The normalized spacial score (nSPS) is 22.8. The zero-order valence-electron chi connectivity index (χ0n) is 14.0. The van der Waals surface area contributed by atoms with Gasteiger partial charge < -0.3 is 13.7 Å². The Labute approximate surface area is 137 Å². The van der Waals surface area contributed by atoms with Crippen molar-refractivity contribution in [3.05, 3.63) is 23.4 Å². The highest BCUT2D eigenvalue weighted by molar-refractivity contribution is 5.58. The van der Waals surface area contributed by atoms with E-state index < -0.39 is 0 Å². The molecule has 0 bridgehead atoms. The van der Waals surface area contributed by atoms with Crippen LogP contribution in [0.2, 0.25) is 0 Å². The molecule has 0 spiro atoms. The van der Waals surface area contributed by atoms with Crippen LogP contribution in [-0.2, 0) is 11.3 Å². The van der Waals surface area contributed by atoms with Gasteiger partial charge in [0.15, 0.2) is 5.82 Å². The first-order valence-corrected chi connectivity index (χ1v) is 8.82. The maximum Gasteiger partial charge on any atom is 0.167 e. The van der Waals surface area contributed by atoms with Gasteiger partial charge in [0.25, 0.3) is 0 Å². The Hall–Kier alpha value is -1.62. The maximum atomic E-state index is 5.71. The monoisotopic (exact) mass is 315 g/mol. The van der Waals surface area contributed by atoms with Crippen LogP contribution in [-0.4, -0.2) is 28.0 Å². The SMILES string of the molecule is Cc1cc(-c2nnc3n2CCCCC3C2CCOCC2)c(C)o1. The summed E-state index contributed by atoms with van der Waals surface area (Å²) in [6.07, 6.45) is 6.00. The topological polar surface area (TPSA) is 53.1 Å². The molecule has 23 heavy (non-hydrogen) atoms. The summed E-state index contributed by atoms with van der Waals surface area (Å²) in [6, 6.07) is 2.08.